The molecule has 0 fully saturated rings. The van der Waals surface area contributed by atoms with Crippen molar-refractivity contribution in [1.82, 2.24) is 0 Å². The van der Waals surface area contributed by atoms with E-state index in [0.29, 0.717) is 5.56 Å². The van der Waals surface area contributed by atoms with Crippen LogP contribution in [0.5, 0.6) is 5.75 Å². The first kappa shape index (κ1) is 11.8. The van der Waals surface area contributed by atoms with E-state index in [9.17, 15) is 9.90 Å². The Labute approximate surface area is 112 Å². The number of amides is 1. The lowest BCUT2D eigenvalue weighted by atomic mass is 10.0. The lowest BCUT2D eigenvalue weighted by molar-refractivity contribution is 0.0984. The van der Waals surface area contributed by atoms with Crippen LogP contribution in [0.25, 0.3) is 0 Å². The zero-order chi connectivity index (χ0) is 13.2. The number of phenolic OH excluding ortho intramolecular Hbond substituents is 1. The van der Waals surface area contributed by atoms with Gasteiger partial charge < -0.3 is 10.0 Å². The molecule has 3 rings (SSSR count). The van der Waals surface area contributed by atoms with Crippen molar-refractivity contribution in [2.45, 2.75) is 12.8 Å². The highest BCUT2D eigenvalue weighted by molar-refractivity contribution is 6.06. The maximum atomic E-state index is 12.5. The molecule has 0 aliphatic carbocycles. The number of anilines is 1. The normalized spacial score (nSPS) is 14.0. The molecule has 2 aromatic rings. The van der Waals surface area contributed by atoms with Gasteiger partial charge in [0, 0.05) is 17.8 Å². The Morgan fingerprint density at radius 3 is 2.79 bits per heavy atom. The predicted octanol–water partition coefficient (Wildman–Crippen LogP) is 2.99. The summed E-state index contributed by atoms with van der Waals surface area (Å²) in [5, 5.41) is 9.48. The van der Waals surface area contributed by atoms with Gasteiger partial charge in [0.05, 0.1) is 0 Å². The number of fused-ring (bicyclic) bond motifs is 1. The molecule has 1 amide bonds. The maximum Gasteiger partial charge on any atom is 0.258 e. The number of phenols is 1. The molecule has 1 N–H and O–H groups in total. The molecule has 0 bridgehead atoms. The molecular weight excluding hydrogens is 238 g/mol. The fourth-order valence-electron chi connectivity index (χ4n) is 2.54. The van der Waals surface area contributed by atoms with Crippen LogP contribution in [0.1, 0.15) is 22.3 Å². The molecule has 3 nitrogen and oxygen atoms in total. The molecule has 19 heavy (non-hydrogen) atoms. The van der Waals surface area contributed by atoms with Crippen LogP contribution in [0.4, 0.5) is 5.69 Å². The van der Waals surface area contributed by atoms with Crippen LogP contribution in [-0.2, 0) is 6.42 Å². The van der Waals surface area contributed by atoms with Gasteiger partial charge in [-0.2, -0.15) is 0 Å². The van der Waals surface area contributed by atoms with Crippen molar-refractivity contribution in [3.63, 3.8) is 0 Å². The van der Waals surface area contributed by atoms with E-state index < -0.39 is 0 Å². The summed E-state index contributed by atoms with van der Waals surface area (Å²) in [6, 6.07) is 14.5. The summed E-state index contributed by atoms with van der Waals surface area (Å²) in [5.74, 6) is 0.0687. The van der Waals surface area contributed by atoms with E-state index in [1.807, 2.05) is 18.2 Å². The molecule has 0 atom stereocenters. The van der Waals surface area contributed by atoms with Crippen LogP contribution in [0.3, 0.4) is 0 Å². The average Bonchev–Trinajstić information content (AvgIpc) is 2.46. The third-order valence-corrected chi connectivity index (χ3v) is 3.45. The van der Waals surface area contributed by atoms with Gasteiger partial charge in [-0.15, -0.1) is 0 Å². The summed E-state index contributed by atoms with van der Waals surface area (Å²) in [6.07, 6.45) is 1.99. The third kappa shape index (κ3) is 2.19. The Kier molecular flexibility index (Phi) is 2.95. The molecule has 1 aliphatic rings. The molecule has 3 heteroatoms. The number of carbonyl (C=O) groups excluding carboxylic acids is 1. The van der Waals surface area contributed by atoms with Gasteiger partial charge in [-0.1, -0.05) is 24.3 Å². The van der Waals surface area contributed by atoms with E-state index in [-0.39, 0.29) is 11.7 Å². The number of carbonyl (C=O) groups is 1. The molecule has 2 aromatic carbocycles. The molecule has 0 radical (unpaired) electrons. The molecule has 0 spiro atoms. The van der Waals surface area contributed by atoms with Gasteiger partial charge in [0.1, 0.15) is 5.75 Å². The van der Waals surface area contributed by atoms with Gasteiger partial charge >= 0.3 is 0 Å². The first-order valence-corrected chi connectivity index (χ1v) is 6.44. The molecule has 0 saturated carbocycles. The number of hydrogen-bond acceptors (Lipinski definition) is 2. The Bertz CT molecular complexity index is 622. The van der Waals surface area contributed by atoms with Crippen molar-refractivity contribution in [3.8, 4) is 5.75 Å². The minimum absolute atomic E-state index is 0.0527. The number of aryl methyl sites for hydroxylation is 1. The SMILES string of the molecule is O=C(c1cccc(O)c1)N1CCCc2ccccc21. The molecule has 1 aliphatic heterocycles. The predicted molar refractivity (Wildman–Crippen MR) is 74.5 cm³/mol. The average molecular weight is 253 g/mol. The highest BCUT2D eigenvalue weighted by atomic mass is 16.3. The van der Waals surface area contributed by atoms with Crippen LogP contribution < -0.4 is 4.90 Å². The van der Waals surface area contributed by atoms with Gasteiger partial charge in [0.25, 0.3) is 5.91 Å². The zero-order valence-electron chi connectivity index (χ0n) is 10.5. The van der Waals surface area contributed by atoms with Crippen molar-refractivity contribution in [2.75, 3.05) is 11.4 Å². The summed E-state index contributed by atoms with van der Waals surface area (Å²) in [6.45, 7) is 0.728. The van der Waals surface area contributed by atoms with Crippen molar-refractivity contribution < 1.29 is 9.90 Å². The standard InChI is InChI=1S/C16H15NO2/c18-14-8-3-6-13(11-14)16(19)17-10-4-7-12-5-1-2-9-15(12)17/h1-3,5-6,8-9,11,18H,4,7,10H2. The monoisotopic (exact) mass is 253 g/mol. The van der Waals surface area contributed by atoms with Crippen LogP contribution in [0.2, 0.25) is 0 Å². The summed E-state index contributed by atoms with van der Waals surface area (Å²) in [5.41, 5.74) is 2.72. The molecular formula is C16H15NO2. The molecule has 96 valence electrons. The fraction of sp³-hybridized carbons (Fsp3) is 0.188. The zero-order valence-corrected chi connectivity index (χ0v) is 10.5. The Morgan fingerprint density at radius 2 is 1.95 bits per heavy atom. The first-order valence-electron chi connectivity index (χ1n) is 6.44. The highest BCUT2D eigenvalue weighted by Crippen LogP contribution is 2.28. The van der Waals surface area contributed by atoms with E-state index in [0.717, 1.165) is 25.1 Å². The van der Waals surface area contributed by atoms with E-state index in [4.69, 9.17) is 0 Å². The largest absolute Gasteiger partial charge is 0.508 e. The molecule has 0 saturated heterocycles. The van der Waals surface area contributed by atoms with E-state index in [1.165, 1.54) is 11.6 Å². The smallest absolute Gasteiger partial charge is 0.258 e. The van der Waals surface area contributed by atoms with Gasteiger partial charge in [-0.25, -0.2) is 0 Å². The van der Waals surface area contributed by atoms with Crippen LogP contribution >= 0.6 is 0 Å². The van der Waals surface area contributed by atoms with Crippen molar-refractivity contribution >= 4 is 11.6 Å². The lowest BCUT2D eigenvalue weighted by Crippen LogP contribution is -2.35. The first-order chi connectivity index (χ1) is 9.25. The van der Waals surface area contributed by atoms with Crippen LogP contribution in [0.15, 0.2) is 48.5 Å². The quantitative estimate of drug-likeness (QED) is 0.848. The lowest BCUT2D eigenvalue weighted by Gasteiger charge is -2.29. The van der Waals surface area contributed by atoms with Crippen LogP contribution in [0, 0.1) is 0 Å². The molecule has 0 aromatic heterocycles. The Hall–Kier alpha value is -2.29. The maximum absolute atomic E-state index is 12.5. The van der Waals surface area contributed by atoms with Crippen molar-refractivity contribution in [1.29, 1.82) is 0 Å². The van der Waals surface area contributed by atoms with Gasteiger partial charge in [-0.3, -0.25) is 4.79 Å². The number of rotatable bonds is 1. The minimum Gasteiger partial charge on any atom is -0.508 e. The van der Waals surface area contributed by atoms with E-state index in [2.05, 4.69) is 6.07 Å². The topological polar surface area (TPSA) is 40.5 Å². The highest BCUT2D eigenvalue weighted by Gasteiger charge is 2.23. The second kappa shape index (κ2) is 4.76. The van der Waals surface area contributed by atoms with Gasteiger partial charge in [-0.05, 0) is 42.7 Å². The molecule has 0 unspecified atom stereocenters. The van der Waals surface area contributed by atoms with E-state index >= 15 is 0 Å². The summed E-state index contributed by atoms with van der Waals surface area (Å²) >= 11 is 0. The van der Waals surface area contributed by atoms with Crippen LogP contribution in [-0.4, -0.2) is 17.6 Å². The fourth-order valence-corrected chi connectivity index (χ4v) is 2.54. The minimum atomic E-state index is -0.0527. The Balaban J connectivity index is 1.98. The van der Waals surface area contributed by atoms with E-state index in [1.54, 1.807) is 23.1 Å². The summed E-state index contributed by atoms with van der Waals surface area (Å²) < 4.78 is 0. The second-order valence-corrected chi connectivity index (χ2v) is 4.74. The second-order valence-electron chi connectivity index (χ2n) is 4.74. The Morgan fingerprint density at radius 1 is 1.11 bits per heavy atom. The number of nitrogens with zero attached hydrogens (tertiary/aromatic N) is 1. The number of hydrogen-bond donors (Lipinski definition) is 1. The van der Waals surface area contributed by atoms with Crippen molar-refractivity contribution in [3.05, 3.63) is 59.7 Å². The summed E-state index contributed by atoms with van der Waals surface area (Å²) in [4.78, 5) is 14.3. The number of aromatic hydroxyl groups is 1. The van der Waals surface area contributed by atoms with Gasteiger partial charge in [0.15, 0.2) is 0 Å². The van der Waals surface area contributed by atoms with Crippen molar-refractivity contribution in [2.24, 2.45) is 0 Å². The number of benzene rings is 2. The van der Waals surface area contributed by atoms with Gasteiger partial charge in [0.2, 0.25) is 0 Å². The molecule has 1 heterocycles. The summed E-state index contributed by atoms with van der Waals surface area (Å²) in [7, 11) is 0. The number of para-hydroxylation sites is 1. The third-order valence-electron chi connectivity index (χ3n) is 3.45.